The van der Waals surface area contributed by atoms with Gasteiger partial charge in [-0.15, -0.1) is 0 Å². The second-order valence-corrected chi connectivity index (χ2v) is 5.69. The number of benzene rings is 2. The zero-order chi connectivity index (χ0) is 17.8. The monoisotopic (exact) mass is 335 g/mol. The fourth-order valence-corrected chi connectivity index (χ4v) is 2.58. The van der Waals surface area contributed by atoms with Crippen molar-refractivity contribution in [3.05, 3.63) is 70.3 Å². The standard InChI is InChI=1S/C19H17N3O3/c1-13-21-18-5-3-2-4-17(18)19(24)22(13)11-15(23)12-25-16-8-6-14(10-20)7-9-16/h2-9,15,23H,11-12H2,1H3. The van der Waals surface area contributed by atoms with Gasteiger partial charge in [-0.25, -0.2) is 4.98 Å². The Hall–Kier alpha value is -3.17. The van der Waals surface area contributed by atoms with Gasteiger partial charge in [0.1, 0.15) is 24.3 Å². The van der Waals surface area contributed by atoms with Gasteiger partial charge in [0.05, 0.1) is 29.1 Å². The van der Waals surface area contributed by atoms with Gasteiger partial charge in [-0.05, 0) is 43.3 Å². The van der Waals surface area contributed by atoms with Crippen molar-refractivity contribution >= 4 is 10.9 Å². The Kier molecular flexibility index (Phi) is 4.78. The molecule has 3 rings (SSSR count). The van der Waals surface area contributed by atoms with Crippen LogP contribution in [0.2, 0.25) is 0 Å². The summed E-state index contributed by atoms with van der Waals surface area (Å²) < 4.78 is 6.97. The summed E-state index contributed by atoms with van der Waals surface area (Å²) in [7, 11) is 0. The van der Waals surface area contributed by atoms with Crippen molar-refractivity contribution < 1.29 is 9.84 Å². The largest absolute Gasteiger partial charge is 0.491 e. The van der Waals surface area contributed by atoms with Gasteiger partial charge in [-0.3, -0.25) is 9.36 Å². The molecule has 0 bridgehead atoms. The van der Waals surface area contributed by atoms with Gasteiger partial charge in [0.2, 0.25) is 0 Å². The van der Waals surface area contributed by atoms with E-state index in [1.165, 1.54) is 4.57 Å². The molecule has 0 saturated heterocycles. The maximum atomic E-state index is 12.6. The van der Waals surface area contributed by atoms with Crippen LogP contribution in [-0.4, -0.2) is 27.4 Å². The molecule has 1 atom stereocenters. The van der Waals surface area contributed by atoms with E-state index in [0.29, 0.717) is 28.0 Å². The lowest BCUT2D eigenvalue weighted by atomic mass is 10.2. The molecule has 1 aromatic heterocycles. The van der Waals surface area contributed by atoms with Crippen LogP contribution in [-0.2, 0) is 6.54 Å². The molecule has 0 fully saturated rings. The van der Waals surface area contributed by atoms with E-state index < -0.39 is 6.10 Å². The quantitative estimate of drug-likeness (QED) is 0.770. The molecule has 0 amide bonds. The lowest BCUT2D eigenvalue weighted by Crippen LogP contribution is -2.32. The second-order valence-electron chi connectivity index (χ2n) is 5.69. The highest BCUT2D eigenvalue weighted by atomic mass is 16.5. The first-order valence-corrected chi connectivity index (χ1v) is 7.85. The third-order valence-corrected chi connectivity index (χ3v) is 3.87. The first-order chi connectivity index (χ1) is 12.1. The highest BCUT2D eigenvalue weighted by Gasteiger charge is 2.13. The summed E-state index contributed by atoms with van der Waals surface area (Å²) in [5.41, 5.74) is 1.00. The first kappa shape index (κ1) is 16.7. The highest BCUT2D eigenvalue weighted by molar-refractivity contribution is 5.77. The maximum absolute atomic E-state index is 12.6. The Labute approximate surface area is 144 Å². The number of nitrogens with zero attached hydrogens (tertiary/aromatic N) is 3. The summed E-state index contributed by atoms with van der Waals surface area (Å²) in [6.45, 7) is 1.87. The van der Waals surface area contributed by atoms with Gasteiger partial charge in [0.25, 0.3) is 5.56 Å². The van der Waals surface area contributed by atoms with E-state index >= 15 is 0 Å². The third kappa shape index (κ3) is 3.67. The van der Waals surface area contributed by atoms with Crippen LogP contribution in [0.4, 0.5) is 0 Å². The number of para-hydroxylation sites is 1. The lowest BCUT2D eigenvalue weighted by Gasteiger charge is -2.16. The van der Waals surface area contributed by atoms with Crippen LogP contribution < -0.4 is 10.3 Å². The average molecular weight is 335 g/mol. The number of ether oxygens (including phenoxy) is 1. The van der Waals surface area contributed by atoms with Gasteiger partial charge in [-0.2, -0.15) is 5.26 Å². The van der Waals surface area contributed by atoms with Gasteiger partial charge < -0.3 is 9.84 Å². The molecule has 2 aromatic carbocycles. The number of hydrogen-bond donors (Lipinski definition) is 1. The zero-order valence-electron chi connectivity index (χ0n) is 13.7. The normalized spacial score (nSPS) is 11.9. The average Bonchev–Trinajstić information content (AvgIpc) is 2.64. The molecule has 25 heavy (non-hydrogen) atoms. The molecule has 3 aromatic rings. The number of aliphatic hydroxyl groups is 1. The molecule has 126 valence electrons. The summed E-state index contributed by atoms with van der Waals surface area (Å²) >= 11 is 0. The molecule has 1 unspecified atom stereocenters. The minimum absolute atomic E-state index is 0.0323. The molecule has 0 aliphatic heterocycles. The topological polar surface area (TPSA) is 88.1 Å². The van der Waals surface area contributed by atoms with Crippen molar-refractivity contribution in [1.82, 2.24) is 9.55 Å². The number of hydrogen-bond acceptors (Lipinski definition) is 5. The van der Waals surface area contributed by atoms with Crippen LogP contribution in [0.1, 0.15) is 11.4 Å². The summed E-state index contributed by atoms with van der Waals surface area (Å²) in [5.74, 6) is 1.10. The Morgan fingerprint density at radius 1 is 1.24 bits per heavy atom. The van der Waals surface area contributed by atoms with Crippen molar-refractivity contribution in [1.29, 1.82) is 5.26 Å². The van der Waals surface area contributed by atoms with E-state index in [2.05, 4.69) is 4.98 Å². The van der Waals surface area contributed by atoms with Gasteiger partial charge in [0, 0.05) is 0 Å². The Balaban J connectivity index is 1.72. The van der Waals surface area contributed by atoms with E-state index in [1.54, 1.807) is 49.4 Å². The highest BCUT2D eigenvalue weighted by Crippen LogP contribution is 2.12. The molecular formula is C19H17N3O3. The lowest BCUT2D eigenvalue weighted by molar-refractivity contribution is 0.0909. The van der Waals surface area contributed by atoms with Gasteiger partial charge >= 0.3 is 0 Å². The van der Waals surface area contributed by atoms with Crippen molar-refractivity contribution in [2.24, 2.45) is 0 Å². The Bertz CT molecular complexity index is 987. The van der Waals surface area contributed by atoms with E-state index in [4.69, 9.17) is 10.00 Å². The number of nitriles is 1. The fraction of sp³-hybridized carbons (Fsp3) is 0.211. The molecule has 0 aliphatic rings. The summed E-state index contributed by atoms with van der Waals surface area (Å²) in [4.78, 5) is 17.0. The van der Waals surface area contributed by atoms with Gasteiger partial charge in [-0.1, -0.05) is 12.1 Å². The number of rotatable bonds is 5. The third-order valence-electron chi connectivity index (χ3n) is 3.87. The summed E-state index contributed by atoms with van der Waals surface area (Å²) in [6.07, 6.45) is -0.866. The van der Waals surface area contributed by atoms with Crippen molar-refractivity contribution in [2.45, 2.75) is 19.6 Å². The molecule has 0 aliphatic carbocycles. The van der Waals surface area contributed by atoms with Crippen LogP contribution in [0.25, 0.3) is 10.9 Å². The minimum atomic E-state index is -0.866. The maximum Gasteiger partial charge on any atom is 0.261 e. The van der Waals surface area contributed by atoms with E-state index in [0.717, 1.165) is 0 Å². The predicted molar refractivity (Wildman–Crippen MR) is 93.4 cm³/mol. The van der Waals surface area contributed by atoms with E-state index in [-0.39, 0.29) is 18.7 Å². The van der Waals surface area contributed by atoms with Crippen LogP contribution in [0.15, 0.2) is 53.3 Å². The molecular weight excluding hydrogens is 318 g/mol. The van der Waals surface area contributed by atoms with Crippen LogP contribution in [0.5, 0.6) is 5.75 Å². The van der Waals surface area contributed by atoms with Crippen molar-refractivity contribution in [3.63, 3.8) is 0 Å². The van der Waals surface area contributed by atoms with E-state index in [9.17, 15) is 9.90 Å². The molecule has 6 nitrogen and oxygen atoms in total. The zero-order valence-corrected chi connectivity index (χ0v) is 13.7. The second kappa shape index (κ2) is 7.16. The molecule has 0 spiro atoms. The SMILES string of the molecule is Cc1nc2ccccc2c(=O)n1CC(O)COc1ccc(C#N)cc1. The number of aromatic nitrogens is 2. The van der Waals surface area contributed by atoms with Crippen molar-refractivity contribution in [3.8, 4) is 11.8 Å². The first-order valence-electron chi connectivity index (χ1n) is 7.85. The molecule has 1 N–H and O–H groups in total. The smallest absolute Gasteiger partial charge is 0.261 e. The van der Waals surface area contributed by atoms with Gasteiger partial charge in [0.15, 0.2) is 0 Å². The Morgan fingerprint density at radius 3 is 2.68 bits per heavy atom. The summed E-state index contributed by atoms with van der Waals surface area (Å²) in [6, 6.07) is 15.8. The molecule has 1 heterocycles. The predicted octanol–water partition coefficient (Wildman–Crippen LogP) is 2.02. The Morgan fingerprint density at radius 2 is 1.96 bits per heavy atom. The number of aliphatic hydroxyl groups excluding tert-OH is 1. The van der Waals surface area contributed by atoms with E-state index in [1.807, 2.05) is 12.1 Å². The summed E-state index contributed by atoms with van der Waals surface area (Å²) in [5, 5.41) is 19.5. The molecule has 6 heteroatoms. The molecule has 0 radical (unpaired) electrons. The van der Waals surface area contributed by atoms with Crippen LogP contribution >= 0.6 is 0 Å². The number of fused-ring (bicyclic) bond motifs is 1. The minimum Gasteiger partial charge on any atom is -0.491 e. The van der Waals surface area contributed by atoms with Crippen LogP contribution in [0, 0.1) is 18.3 Å². The number of aryl methyl sites for hydroxylation is 1. The van der Waals surface area contributed by atoms with Crippen molar-refractivity contribution in [2.75, 3.05) is 6.61 Å². The molecule has 0 saturated carbocycles. The van der Waals surface area contributed by atoms with Crippen LogP contribution in [0.3, 0.4) is 0 Å². The fourth-order valence-electron chi connectivity index (χ4n) is 2.58.